The Labute approximate surface area is 224 Å². The fourth-order valence-corrected chi connectivity index (χ4v) is 4.65. The first-order valence-corrected chi connectivity index (χ1v) is 13.0. The fourth-order valence-electron chi connectivity index (χ4n) is 4.53. The molecular formula is C30H36ClN3O3. The zero-order valence-corrected chi connectivity index (χ0v) is 22.7. The van der Waals surface area contributed by atoms with Crippen LogP contribution in [0, 0.1) is 20.8 Å². The van der Waals surface area contributed by atoms with Crippen molar-refractivity contribution in [3.05, 3.63) is 87.4 Å². The van der Waals surface area contributed by atoms with Crippen molar-refractivity contribution in [3.8, 4) is 11.1 Å². The Bertz CT molecular complexity index is 1250. The Hall–Kier alpha value is -3.35. The van der Waals surface area contributed by atoms with Crippen molar-refractivity contribution < 1.29 is 14.7 Å². The minimum atomic E-state index is -1.04. The monoisotopic (exact) mass is 521 g/mol. The Kier molecular flexibility index (Phi) is 9.73. The van der Waals surface area contributed by atoms with Crippen molar-refractivity contribution in [2.45, 2.75) is 59.0 Å². The van der Waals surface area contributed by atoms with Gasteiger partial charge >= 0.3 is 5.97 Å². The van der Waals surface area contributed by atoms with E-state index in [1.807, 2.05) is 63.2 Å². The highest BCUT2D eigenvalue weighted by Gasteiger charge is 2.22. The number of amides is 1. The average molecular weight is 522 g/mol. The first-order valence-electron chi connectivity index (χ1n) is 12.6. The van der Waals surface area contributed by atoms with E-state index in [0.29, 0.717) is 24.9 Å². The number of benzene rings is 3. The van der Waals surface area contributed by atoms with Gasteiger partial charge in [0.05, 0.1) is 0 Å². The lowest BCUT2D eigenvalue weighted by Gasteiger charge is -2.19. The van der Waals surface area contributed by atoms with E-state index in [1.165, 1.54) is 0 Å². The van der Waals surface area contributed by atoms with E-state index in [9.17, 15) is 14.7 Å². The molecule has 0 saturated heterocycles. The van der Waals surface area contributed by atoms with Crippen molar-refractivity contribution >= 4 is 29.2 Å². The molecule has 0 saturated carbocycles. The summed E-state index contributed by atoms with van der Waals surface area (Å²) >= 11 is 6.18. The Morgan fingerprint density at radius 2 is 1.65 bits per heavy atom. The predicted octanol–water partition coefficient (Wildman–Crippen LogP) is 6.42. The van der Waals surface area contributed by atoms with Crippen LogP contribution in [-0.4, -0.2) is 29.6 Å². The number of anilines is 1. The van der Waals surface area contributed by atoms with Crippen LogP contribution in [0.4, 0.5) is 5.69 Å². The molecule has 3 aromatic carbocycles. The summed E-state index contributed by atoms with van der Waals surface area (Å²) in [6, 6.07) is 17.3. The summed E-state index contributed by atoms with van der Waals surface area (Å²) in [4.78, 5) is 24.7. The minimum Gasteiger partial charge on any atom is -0.480 e. The molecule has 5 N–H and O–H groups in total. The maximum Gasteiger partial charge on any atom is 0.326 e. The number of carbonyl (C=O) groups excluding carboxylic acids is 1. The van der Waals surface area contributed by atoms with Gasteiger partial charge in [0.15, 0.2) is 0 Å². The third kappa shape index (κ3) is 7.34. The van der Waals surface area contributed by atoms with Crippen LogP contribution < -0.4 is 16.4 Å². The summed E-state index contributed by atoms with van der Waals surface area (Å²) in [7, 11) is 0. The minimum absolute atomic E-state index is 0.0906. The fraction of sp³-hybridized carbons (Fsp3) is 0.333. The van der Waals surface area contributed by atoms with Gasteiger partial charge in [-0.2, -0.15) is 0 Å². The van der Waals surface area contributed by atoms with E-state index in [-0.39, 0.29) is 11.9 Å². The van der Waals surface area contributed by atoms with Gasteiger partial charge in [-0.1, -0.05) is 48.0 Å². The SMILES string of the molecule is Cc1cc(C(C)Nc2cccc(-c3cc(C)c(C(=O)NC(CCCCN)C(=O)O)c(C)c3)c2)ccc1Cl. The summed E-state index contributed by atoms with van der Waals surface area (Å²) in [6.45, 7) is 8.36. The molecule has 2 unspecified atom stereocenters. The molecule has 3 aromatic rings. The first-order chi connectivity index (χ1) is 17.6. The van der Waals surface area contributed by atoms with Gasteiger partial charge in [0.2, 0.25) is 0 Å². The third-order valence-electron chi connectivity index (χ3n) is 6.57. The van der Waals surface area contributed by atoms with Gasteiger partial charge in [0, 0.05) is 22.3 Å². The van der Waals surface area contributed by atoms with Gasteiger partial charge in [-0.05, 0) is 105 Å². The Balaban J connectivity index is 1.79. The lowest BCUT2D eigenvalue weighted by Crippen LogP contribution is -2.41. The predicted molar refractivity (Wildman–Crippen MR) is 151 cm³/mol. The van der Waals surface area contributed by atoms with Crippen LogP contribution in [0.5, 0.6) is 0 Å². The zero-order valence-electron chi connectivity index (χ0n) is 21.9. The van der Waals surface area contributed by atoms with Gasteiger partial charge in [0.25, 0.3) is 5.91 Å². The molecule has 0 heterocycles. The van der Waals surface area contributed by atoms with Crippen LogP contribution in [0.1, 0.15) is 64.8 Å². The van der Waals surface area contributed by atoms with E-state index < -0.39 is 12.0 Å². The lowest BCUT2D eigenvalue weighted by molar-refractivity contribution is -0.139. The summed E-state index contributed by atoms with van der Waals surface area (Å²) < 4.78 is 0. The van der Waals surface area contributed by atoms with Crippen LogP contribution in [0.2, 0.25) is 5.02 Å². The lowest BCUT2D eigenvalue weighted by atomic mass is 9.94. The molecule has 6 nitrogen and oxygen atoms in total. The quantitative estimate of drug-likeness (QED) is 0.218. The van der Waals surface area contributed by atoms with Gasteiger partial charge in [-0.25, -0.2) is 4.79 Å². The van der Waals surface area contributed by atoms with Crippen LogP contribution in [0.3, 0.4) is 0 Å². The second-order valence-corrected chi connectivity index (χ2v) is 10.00. The number of rotatable bonds is 11. The van der Waals surface area contributed by atoms with Gasteiger partial charge in [0.1, 0.15) is 6.04 Å². The largest absolute Gasteiger partial charge is 0.480 e. The number of unbranched alkanes of at least 4 members (excludes halogenated alkanes) is 1. The van der Waals surface area contributed by atoms with E-state index in [4.69, 9.17) is 17.3 Å². The molecule has 0 aromatic heterocycles. The number of aliphatic carboxylic acids is 1. The second kappa shape index (κ2) is 12.7. The van der Waals surface area contributed by atoms with Crippen LogP contribution in [0.25, 0.3) is 11.1 Å². The highest BCUT2D eigenvalue weighted by atomic mass is 35.5. The van der Waals surface area contributed by atoms with Crippen LogP contribution in [-0.2, 0) is 4.79 Å². The summed E-state index contributed by atoms with van der Waals surface area (Å²) in [5, 5.41) is 16.5. The van der Waals surface area contributed by atoms with Crippen LogP contribution in [0.15, 0.2) is 54.6 Å². The molecule has 0 fully saturated rings. The molecule has 2 atom stereocenters. The van der Waals surface area contributed by atoms with Gasteiger partial charge in [-0.3, -0.25) is 4.79 Å². The van der Waals surface area contributed by atoms with Gasteiger partial charge in [-0.15, -0.1) is 0 Å². The molecule has 3 rings (SSSR count). The number of carbonyl (C=O) groups is 2. The molecule has 0 radical (unpaired) electrons. The van der Waals surface area contributed by atoms with Crippen molar-refractivity contribution in [2.75, 3.05) is 11.9 Å². The zero-order chi connectivity index (χ0) is 27.1. The number of aryl methyl sites for hydroxylation is 3. The summed E-state index contributed by atoms with van der Waals surface area (Å²) in [5.74, 6) is -1.41. The maximum atomic E-state index is 13.0. The van der Waals surface area contributed by atoms with Crippen LogP contribution >= 0.6 is 11.6 Å². The van der Waals surface area contributed by atoms with Crippen molar-refractivity contribution in [3.63, 3.8) is 0 Å². The van der Waals surface area contributed by atoms with Crippen molar-refractivity contribution in [1.82, 2.24) is 5.32 Å². The third-order valence-corrected chi connectivity index (χ3v) is 7.00. The molecule has 0 aliphatic heterocycles. The number of carboxylic acid groups (broad SMARTS) is 1. The van der Waals surface area contributed by atoms with E-state index in [1.54, 1.807) is 0 Å². The van der Waals surface area contributed by atoms with E-state index in [0.717, 1.165) is 50.5 Å². The smallest absolute Gasteiger partial charge is 0.326 e. The molecule has 1 amide bonds. The molecule has 37 heavy (non-hydrogen) atoms. The number of halogens is 1. The van der Waals surface area contributed by atoms with Gasteiger partial charge < -0.3 is 21.5 Å². The summed E-state index contributed by atoms with van der Waals surface area (Å²) in [6.07, 6.45) is 1.71. The second-order valence-electron chi connectivity index (χ2n) is 9.59. The molecule has 0 bridgehead atoms. The number of nitrogens with one attached hydrogen (secondary N) is 2. The highest BCUT2D eigenvalue weighted by molar-refractivity contribution is 6.31. The standard InChI is InChI=1S/C30H36ClN3O3/c1-18-14-22(11-12-26(18)31)21(4)33-25-9-7-8-23(17-25)24-15-19(2)28(20(3)16-24)29(35)34-27(30(36)37)10-5-6-13-32/h7-9,11-12,14-17,21,27,33H,5-6,10,13,32H2,1-4H3,(H,34,35)(H,36,37). The normalized spacial score (nSPS) is 12.6. The Morgan fingerprint density at radius 1 is 0.946 bits per heavy atom. The molecule has 0 spiro atoms. The number of hydrogen-bond donors (Lipinski definition) is 4. The average Bonchev–Trinajstić information content (AvgIpc) is 2.84. The van der Waals surface area contributed by atoms with E-state index >= 15 is 0 Å². The number of nitrogens with two attached hydrogens (primary N) is 1. The molecular weight excluding hydrogens is 486 g/mol. The maximum absolute atomic E-state index is 13.0. The summed E-state index contributed by atoms with van der Waals surface area (Å²) in [5.41, 5.74) is 12.8. The Morgan fingerprint density at radius 3 is 2.27 bits per heavy atom. The number of hydrogen-bond acceptors (Lipinski definition) is 4. The van der Waals surface area contributed by atoms with E-state index in [2.05, 4.69) is 29.7 Å². The topological polar surface area (TPSA) is 104 Å². The molecule has 0 aliphatic rings. The highest BCUT2D eigenvalue weighted by Crippen LogP contribution is 2.29. The molecule has 0 aliphatic carbocycles. The van der Waals surface area contributed by atoms with Crippen molar-refractivity contribution in [2.24, 2.45) is 5.73 Å². The first kappa shape index (κ1) is 28.2. The number of carboxylic acids is 1. The molecule has 196 valence electrons. The van der Waals surface area contributed by atoms with Crippen molar-refractivity contribution in [1.29, 1.82) is 0 Å². The molecule has 7 heteroatoms.